The Morgan fingerprint density at radius 3 is 2.00 bits per heavy atom. The Balaban J connectivity index is -0.000000945. The maximum Gasteiger partial charge on any atom is 0.271 e. The van der Waals surface area contributed by atoms with Gasteiger partial charge in [0.1, 0.15) is 18.2 Å². The number of nitrogens with one attached hydrogen (secondary N) is 1. The number of aliphatic hydroxyl groups is 1. The van der Waals surface area contributed by atoms with Gasteiger partial charge in [0, 0.05) is 27.8 Å². The van der Waals surface area contributed by atoms with Crippen LogP contribution in [0, 0.1) is 0 Å². The normalized spacial score (nSPS) is 9.38. The second kappa shape index (κ2) is 19.5. The topological polar surface area (TPSA) is 93.4 Å². The summed E-state index contributed by atoms with van der Waals surface area (Å²) in [6, 6.07) is 8.24. The summed E-state index contributed by atoms with van der Waals surface area (Å²) in [5.41, 5.74) is 3.31. The molecule has 0 unspecified atom stereocenters. The third-order valence-corrected chi connectivity index (χ3v) is 4.22. The number of ether oxygens (including phenoxy) is 1. The lowest BCUT2D eigenvalue weighted by Crippen LogP contribution is -2.25. The van der Waals surface area contributed by atoms with Gasteiger partial charge in [-0.15, -0.1) is 0 Å². The molecule has 0 saturated carbocycles. The molecule has 1 amide bonds. The van der Waals surface area contributed by atoms with E-state index in [1.54, 1.807) is 14.2 Å². The number of halogens is 1. The van der Waals surface area contributed by atoms with Crippen LogP contribution in [-0.2, 0) is 35.1 Å². The number of rotatable bonds is 5. The summed E-state index contributed by atoms with van der Waals surface area (Å²) in [6.45, 7) is 17.2. The third-order valence-electron chi connectivity index (χ3n) is 3.82. The van der Waals surface area contributed by atoms with Gasteiger partial charge >= 0.3 is 0 Å². The fourth-order valence-electron chi connectivity index (χ4n) is 2.42. The van der Waals surface area contributed by atoms with Crippen LogP contribution in [0.3, 0.4) is 0 Å². The molecule has 32 heavy (non-hydrogen) atoms. The van der Waals surface area contributed by atoms with Crippen LogP contribution in [0.25, 0.3) is 0 Å². The fraction of sp³-hybridized carbons (Fsp3) is 0.542. The molecule has 1 aromatic carbocycles. The van der Waals surface area contributed by atoms with Crippen molar-refractivity contribution >= 4 is 24.3 Å². The van der Waals surface area contributed by atoms with Gasteiger partial charge in [0.15, 0.2) is 0 Å². The first kappa shape index (κ1) is 34.4. The second-order valence-electron chi connectivity index (χ2n) is 6.80. The summed E-state index contributed by atoms with van der Waals surface area (Å²) in [5.74, 6) is -0.253. The predicted molar refractivity (Wildman–Crippen MR) is 133 cm³/mol. The van der Waals surface area contributed by atoms with E-state index >= 15 is 0 Å². The summed E-state index contributed by atoms with van der Waals surface area (Å²) in [4.78, 5) is 20.4. The maximum atomic E-state index is 12.4. The van der Waals surface area contributed by atoms with Crippen LogP contribution in [0.15, 0.2) is 24.3 Å². The zero-order valence-corrected chi connectivity index (χ0v) is 22.1. The molecule has 184 valence electrons. The Labute approximate surface area is 199 Å². The number of nitrogens with zero attached hydrogens (tertiary/aromatic N) is 2. The van der Waals surface area contributed by atoms with Crippen LogP contribution < -0.4 is 5.32 Å². The smallest absolute Gasteiger partial charge is 0.271 e. The second-order valence-corrected chi connectivity index (χ2v) is 7.17. The van der Waals surface area contributed by atoms with Crippen LogP contribution in [0.2, 0.25) is 5.02 Å². The lowest BCUT2D eigenvalue weighted by atomic mass is 9.87. The van der Waals surface area contributed by atoms with Crippen LogP contribution >= 0.6 is 11.6 Å². The highest BCUT2D eigenvalue weighted by Crippen LogP contribution is 2.23. The van der Waals surface area contributed by atoms with Crippen molar-refractivity contribution in [1.82, 2.24) is 15.1 Å². The van der Waals surface area contributed by atoms with Gasteiger partial charge < -0.3 is 20.0 Å². The van der Waals surface area contributed by atoms with Gasteiger partial charge in [0.25, 0.3) is 5.91 Å². The minimum Gasteiger partial charge on any atom is -0.400 e. The zero-order chi connectivity index (χ0) is 25.9. The van der Waals surface area contributed by atoms with Crippen molar-refractivity contribution in [1.29, 1.82) is 0 Å². The van der Waals surface area contributed by atoms with Crippen LogP contribution in [-0.4, -0.2) is 41.8 Å². The van der Waals surface area contributed by atoms with Crippen LogP contribution in [0.1, 0.15) is 75.8 Å². The molecular weight excluding hydrogens is 430 g/mol. The highest BCUT2D eigenvalue weighted by atomic mass is 35.5. The molecule has 0 spiro atoms. The van der Waals surface area contributed by atoms with Gasteiger partial charge in [-0.3, -0.25) is 9.48 Å². The number of carbonyl (C=O) groups excluding carboxylic acids is 2. The number of carbonyl (C=O) groups is 2. The summed E-state index contributed by atoms with van der Waals surface area (Å²) in [6.07, 6.45) is 0. The Hall–Kier alpha value is -2.22. The largest absolute Gasteiger partial charge is 0.400 e. The van der Waals surface area contributed by atoms with Crippen molar-refractivity contribution in [2.24, 2.45) is 7.05 Å². The van der Waals surface area contributed by atoms with Crippen molar-refractivity contribution in [2.45, 2.75) is 67.0 Å². The average molecular weight is 472 g/mol. The van der Waals surface area contributed by atoms with E-state index in [1.807, 2.05) is 46.6 Å². The van der Waals surface area contributed by atoms with E-state index in [-0.39, 0.29) is 17.9 Å². The lowest BCUT2D eigenvalue weighted by molar-refractivity contribution is -0.0980. The minimum atomic E-state index is -0.253. The van der Waals surface area contributed by atoms with Crippen molar-refractivity contribution in [3.8, 4) is 0 Å². The molecule has 2 aromatic rings. The average Bonchev–Trinajstić information content (AvgIpc) is 3.10. The van der Waals surface area contributed by atoms with E-state index in [0.29, 0.717) is 23.0 Å². The summed E-state index contributed by atoms with van der Waals surface area (Å²) < 4.78 is 6.51. The molecule has 0 saturated heterocycles. The molecule has 0 aliphatic heterocycles. The standard InChI is InChI=1S/C18H24ClN3O2.2C2H6.CH4O.CH2O/c1-18(2,3)13-8-6-12(7-9-13)10-20-17(23)16-15(19)14(11-24-5)21-22(16)4;4*1-2/h6-9H,10-11H2,1-5H3,(H,20,23);2*1-2H3;2H,1H3;1H2. The van der Waals surface area contributed by atoms with Crippen molar-refractivity contribution < 1.29 is 19.4 Å². The van der Waals surface area contributed by atoms with Crippen molar-refractivity contribution in [3.05, 3.63) is 51.8 Å². The molecule has 2 N–H and O–H groups in total. The van der Waals surface area contributed by atoms with Gasteiger partial charge in [-0.1, -0.05) is 84.3 Å². The monoisotopic (exact) mass is 471 g/mol. The first-order chi connectivity index (χ1) is 15.2. The third kappa shape index (κ3) is 11.4. The van der Waals surface area contributed by atoms with Crippen molar-refractivity contribution in [2.75, 3.05) is 14.2 Å². The SMILES string of the molecule is C=O.CC.CC.CO.COCc1nn(C)c(C(=O)NCc2ccc(C(C)(C)C)cc2)c1Cl. The summed E-state index contributed by atoms with van der Waals surface area (Å²) >= 11 is 6.23. The molecule has 7 nitrogen and oxygen atoms in total. The molecule has 0 bridgehead atoms. The Morgan fingerprint density at radius 2 is 1.59 bits per heavy atom. The first-order valence-corrected chi connectivity index (χ1v) is 10.9. The molecule has 0 atom stereocenters. The zero-order valence-electron chi connectivity index (χ0n) is 21.4. The number of hydrogen-bond donors (Lipinski definition) is 2. The summed E-state index contributed by atoms with van der Waals surface area (Å²) in [5, 5.41) is 14.4. The first-order valence-electron chi connectivity index (χ1n) is 10.6. The molecule has 1 heterocycles. The molecule has 0 aliphatic rings. The maximum absolute atomic E-state index is 12.4. The van der Waals surface area contributed by atoms with Gasteiger partial charge in [0.2, 0.25) is 0 Å². The summed E-state index contributed by atoms with van der Waals surface area (Å²) in [7, 11) is 4.25. The number of aliphatic hydroxyl groups excluding tert-OH is 1. The van der Waals surface area contributed by atoms with E-state index in [9.17, 15) is 4.79 Å². The van der Waals surface area contributed by atoms with E-state index in [2.05, 4.69) is 43.3 Å². The van der Waals surface area contributed by atoms with Crippen LogP contribution in [0.4, 0.5) is 0 Å². The Bertz CT molecular complexity index is 739. The quantitative estimate of drug-likeness (QED) is 0.645. The highest BCUT2D eigenvalue weighted by molar-refractivity contribution is 6.34. The predicted octanol–water partition coefficient (Wildman–Crippen LogP) is 4.92. The number of aromatic nitrogens is 2. The molecule has 1 aromatic heterocycles. The number of benzene rings is 1. The van der Waals surface area contributed by atoms with E-state index in [1.165, 1.54) is 10.2 Å². The van der Waals surface area contributed by atoms with E-state index in [4.69, 9.17) is 26.2 Å². The van der Waals surface area contributed by atoms with Gasteiger partial charge in [-0.25, -0.2) is 0 Å². The van der Waals surface area contributed by atoms with Crippen molar-refractivity contribution in [3.63, 3.8) is 0 Å². The molecule has 2 rings (SSSR count). The van der Waals surface area contributed by atoms with E-state index in [0.717, 1.165) is 12.7 Å². The van der Waals surface area contributed by atoms with E-state index < -0.39 is 0 Å². The Morgan fingerprint density at radius 1 is 1.12 bits per heavy atom. The molecule has 0 fully saturated rings. The Kier molecular flexibility index (Phi) is 20.9. The van der Waals surface area contributed by atoms with Crippen LogP contribution in [0.5, 0.6) is 0 Å². The van der Waals surface area contributed by atoms with Gasteiger partial charge in [-0.2, -0.15) is 5.10 Å². The molecule has 8 heteroatoms. The number of aryl methyl sites for hydroxylation is 1. The molecular formula is C24H42ClN3O4. The minimum absolute atomic E-state index is 0.113. The van der Waals surface area contributed by atoms with Gasteiger partial charge in [-0.05, 0) is 16.5 Å². The molecule has 0 radical (unpaired) electrons. The van der Waals surface area contributed by atoms with Gasteiger partial charge in [0.05, 0.1) is 11.6 Å². The lowest BCUT2D eigenvalue weighted by Gasteiger charge is -2.19. The number of hydrogen-bond acceptors (Lipinski definition) is 5. The highest BCUT2D eigenvalue weighted by Gasteiger charge is 2.20. The molecule has 0 aliphatic carbocycles. The fourth-order valence-corrected chi connectivity index (χ4v) is 2.72. The number of amides is 1. The number of methoxy groups -OCH3 is 1.